The molecule has 1 aromatic rings. The number of nitrogens with zero attached hydrogens (tertiary/aromatic N) is 1. The second-order valence-corrected chi connectivity index (χ2v) is 7.01. The SMILES string of the molecule is CCOC(=O)/C(C#N)=C/c1ccccc1SC(C)(C)C. The first-order valence-electron chi connectivity index (χ1n) is 6.44. The van der Waals surface area contributed by atoms with Gasteiger partial charge >= 0.3 is 5.97 Å². The average Bonchev–Trinajstić information content (AvgIpc) is 2.36. The summed E-state index contributed by atoms with van der Waals surface area (Å²) in [5.74, 6) is -0.578. The number of esters is 1. The Hall–Kier alpha value is -1.73. The molecule has 0 unspecified atom stereocenters. The highest BCUT2D eigenvalue weighted by atomic mass is 32.2. The van der Waals surface area contributed by atoms with Gasteiger partial charge in [0.15, 0.2) is 0 Å². The summed E-state index contributed by atoms with van der Waals surface area (Å²) < 4.78 is 4.93. The van der Waals surface area contributed by atoms with Crippen molar-refractivity contribution in [3.05, 3.63) is 35.4 Å². The first kappa shape index (κ1) is 16.3. The minimum absolute atomic E-state index is 0.0220. The van der Waals surface area contributed by atoms with Gasteiger partial charge < -0.3 is 4.74 Å². The fourth-order valence-corrected chi connectivity index (χ4v) is 2.57. The highest BCUT2D eigenvalue weighted by Gasteiger charge is 2.15. The normalized spacial score (nSPS) is 11.8. The summed E-state index contributed by atoms with van der Waals surface area (Å²) in [5.41, 5.74) is 0.880. The molecule has 0 amide bonds. The van der Waals surface area contributed by atoms with Crippen molar-refractivity contribution in [2.75, 3.05) is 6.61 Å². The molecule has 0 fully saturated rings. The zero-order valence-corrected chi connectivity index (χ0v) is 13.1. The van der Waals surface area contributed by atoms with Crippen LogP contribution in [0, 0.1) is 11.3 Å². The minimum atomic E-state index is -0.578. The van der Waals surface area contributed by atoms with Gasteiger partial charge in [0.1, 0.15) is 11.6 Å². The maximum Gasteiger partial charge on any atom is 0.348 e. The van der Waals surface area contributed by atoms with E-state index >= 15 is 0 Å². The number of ether oxygens (including phenoxy) is 1. The van der Waals surface area contributed by atoms with Gasteiger partial charge in [0.25, 0.3) is 0 Å². The topological polar surface area (TPSA) is 50.1 Å². The quantitative estimate of drug-likeness (QED) is 0.363. The highest BCUT2D eigenvalue weighted by molar-refractivity contribution is 8.00. The van der Waals surface area contributed by atoms with Crippen LogP contribution in [0.3, 0.4) is 0 Å². The van der Waals surface area contributed by atoms with E-state index in [9.17, 15) is 4.79 Å². The predicted octanol–water partition coefficient (Wildman–Crippen LogP) is 4.05. The van der Waals surface area contributed by atoms with E-state index in [1.165, 1.54) is 0 Å². The number of benzene rings is 1. The molecule has 0 aromatic heterocycles. The van der Waals surface area contributed by atoms with E-state index in [0.717, 1.165) is 10.5 Å². The predicted molar refractivity (Wildman–Crippen MR) is 82.3 cm³/mol. The number of carbonyl (C=O) groups is 1. The third-order valence-electron chi connectivity index (χ3n) is 2.25. The Morgan fingerprint density at radius 1 is 1.40 bits per heavy atom. The van der Waals surface area contributed by atoms with Crippen molar-refractivity contribution in [3.63, 3.8) is 0 Å². The molecule has 20 heavy (non-hydrogen) atoms. The van der Waals surface area contributed by atoms with Gasteiger partial charge in [-0.3, -0.25) is 0 Å². The lowest BCUT2D eigenvalue weighted by atomic mass is 10.1. The molecule has 1 aromatic carbocycles. The van der Waals surface area contributed by atoms with Gasteiger partial charge in [-0.2, -0.15) is 5.26 Å². The van der Waals surface area contributed by atoms with Crippen LogP contribution in [0.2, 0.25) is 0 Å². The van der Waals surface area contributed by atoms with Crippen molar-refractivity contribution in [1.82, 2.24) is 0 Å². The Balaban J connectivity index is 3.13. The summed E-state index contributed by atoms with van der Waals surface area (Å²) in [4.78, 5) is 12.7. The van der Waals surface area contributed by atoms with Crippen LogP contribution in [-0.4, -0.2) is 17.3 Å². The lowest BCUT2D eigenvalue weighted by Gasteiger charge is -2.19. The number of hydrogen-bond acceptors (Lipinski definition) is 4. The van der Waals surface area contributed by atoms with Crippen molar-refractivity contribution in [2.24, 2.45) is 0 Å². The van der Waals surface area contributed by atoms with Crippen molar-refractivity contribution in [1.29, 1.82) is 5.26 Å². The zero-order chi connectivity index (χ0) is 15.2. The molecule has 0 saturated heterocycles. The number of nitriles is 1. The van der Waals surface area contributed by atoms with Crippen molar-refractivity contribution in [2.45, 2.75) is 37.3 Å². The fourth-order valence-electron chi connectivity index (χ4n) is 1.52. The molecule has 0 bridgehead atoms. The van der Waals surface area contributed by atoms with E-state index in [4.69, 9.17) is 10.00 Å². The monoisotopic (exact) mass is 289 g/mol. The molecule has 0 atom stereocenters. The zero-order valence-electron chi connectivity index (χ0n) is 12.3. The Bertz CT molecular complexity index is 550. The third-order valence-corrected chi connectivity index (χ3v) is 3.45. The van der Waals surface area contributed by atoms with Crippen molar-refractivity contribution < 1.29 is 9.53 Å². The van der Waals surface area contributed by atoms with E-state index in [1.54, 1.807) is 24.8 Å². The van der Waals surface area contributed by atoms with Crippen LogP contribution in [0.25, 0.3) is 6.08 Å². The van der Waals surface area contributed by atoms with Crippen molar-refractivity contribution >= 4 is 23.8 Å². The summed E-state index contributed by atoms with van der Waals surface area (Å²) in [6.07, 6.45) is 1.59. The summed E-state index contributed by atoms with van der Waals surface area (Å²) in [7, 11) is 0. The van der Waals surface area contributed by atoms with Crippen LogP contribution in [-0.2, 0) is 9.53 Å². The first-order chi connectivity index (χ1) is 9.37. The first-order valence-corrected chi connectivity index (χ1v) is 7.26. The maximum absolute atomic E-state index is 11.7. The van der Waals surface area contributed by atoms with Crippen molar-refractivity contribution in [3.8, 4) is 6.07 Å². The molecule has 0 radical (unpaired) electrons. The number of thioether (sulfide) groups is 1. The van der Waals surface area contributed by atoms with Gasteiger partial charge in [-0.25, -0.2) is 4.79 Å². The molecule has 106 valence electrons. The van der Waals surface area contributed by atoms with Gasteiger partial charge in [0.05, 0.1) is 6.61 Å². The van der Waals surface area contributed by atoms with Crippen LogP contribution in [0.4, 0.5) is 0 Å². The molecular formula is C16H19NO2S. The lowest BCUT2D eigenvalue weighted by molar-refractivity contribution is -0.137. The van der Waals surface area contributed by atoms with Gasteiger partial charge in [0.2, 0.25) is 0 Å². The number of hydrogen-bond donors (Lipinski definition) is 0. The van der Waals surface area contributed by atoms with Gasteiger partial charge in [-0.15, -0.1) is 11.8 Å². The highest BCUT2D eigenvalue weighted by Crippen LogP contribution is 2.34. The summed E-state index contributed by atoms with van der Waals surface area (Å²) >= 11 is 1.70. The van der Waals surface area contributed by atoms with Gasteiger partial charge in [0, 0.05) is 9.64 Å². The third kappa shape index (κ3) is 5.10. The molecule has 0 aliphatic rings. The van der Waals surface area contributed by atoms with Crippen LogP contribution < -0.4 is 0 Å². The summed E-state index contributed by atoms with van der Waals surface area (Å²) in [6.45, 7) is 8.34. The Morgan fingerprint density at radius 2 is 2.05 bits per heavy atom. The van der Waals surface area contributed by atoms with Crippen LogP contribution in [0.15, 0.2) is 34.7 Å². The average molecular weight is 289 g/mol. The van der Waals surface area contributed by atoms with E-state index in [-0.39, 0.29) is 16.9 Å². The molecule has 1 rings (SSSR count). The molecule has 0 aliphatic carbocycles. The molecule has 0 N–H and O–H groups in total. The molecule has 3 nitrogen and oxygen atoms in total. The minimum Gasteiger partial charge on any atom is -0.462 e. The molecule has 0 saturated carbocycles. The smallest absolute Gasteiger partial charge is 0.348 e. The summed E-state index contributed by atoms with van der Waals surface area (Å²) in [6, 6.07) is 9.62. The van der Waals surface area contributed by atoms with Crippen LogP contribution in [0.1, 0.15) is 33.3 Å². The lowest BCUT2D eigenvalue weighted by Crippen LogP contribution is -2.08. The molecule has 0 aliphatic heterocycles. The van der Waals surface area contributed by atoms with Gasteiger partial charge in [-0.1, -0.05) is 39.0 Å². The second-order valence-electron chi connectivity index (χ2n) is 5.14. The van der Waals surface area contributed by atoms with Crippen LogP contribution >= 0.6 is 11.8 Å². The Morgan fingerprint density at radius 3 is 2.60 bits per heavy atom. The number of carbonyl (C=O) groups excluding carboxylic acids is 1. The molecular weight excluding hydrogens is 270 g/mol. The summed E-state index contributed by atoms with van der Waals surface area (Å²) in [5, 5.41) is 9.08. The van der Waals surface area contributed by atoms with E-state index in [2.05, 4.69) is 20.8 Å². The Labute approximate surface area is 124 Å². The standard InChI is InChI=1S/C16H19NO2S/c1-5-19-15(18)13(11-17)10-12-8-6-7-9-14(12)20-16(2,3)4/h6-10H,5H2,1-4H3/b13-10+. The molecule has 0 heterocycles. The second kappa shape index (κ2) is 7.16. The Kier molecular flexibility index (Phi) is 5.84. The fraction of sp³-hybridized carbons (Fsp3) is 0.375. The largest absolute Gasteiger partial charge is 0.462 e. The van der Waals surface area contributed by atoms with E-state index < -0.39 is 5.97 Å². The maximum atomic E-state index is 11.7. The van der Waals surface area contributed by atoms with E-state index in [0.29, 0.717) is 0 Å². The van der Waals surface area contributed by atoms with Crippen LogP contribution in [0.5, 0.6) is 0 Å². The molecule has 4 heteroatoms. The van der Waals surface area contributed by atoms with E-state index in [1.807, 2.05) is 30.3 Å². The number of rotatable bonds is 4. The van der Waals surface area contributed by atoms with Gasteiger partial charge in [-0.05, 0) is 24.6 Å². The molecule has 0 spiro atoms.